The summed E-state index contributed by atoms with van der Waals surface area (Å²) in [6.07, 6.45) is 1.68. The first-order valence-corrected chi connectivity index (χ1v) is 9.62. The van der Waals surface area contributed by atoms with Gasteiger partial charge in [-0.2, -0.15) is 0 Å². The lowest BCUT2D eigenvalue weighted by Gasteiger charge is -2.32. The molecule has 0 aliphatic carbocycles. The summed E-state index contributed by atoms with van der Waals surface area (Å²) in [5, 5.41) is 3.51. The third kappa shape index (κ3) is 4.15. The topological polar surface area (TPSA) is 45.5 Å². The Bertz CT molecular complexity index is 931. The first-order valence-electron chi connectivity index (χ1n) is 9.62. The van der Waals surface area contributed by atoms with Gasteiger partial charge in [-0.1, -0.05) is 42.5 Å². The van der Waals surface area contributed by atoms with Crippen molar-refractivity contribution in [3.63, 3.8) is 0 Å². The second-order valence-corrected chi connectivity index (χ2v) is 7.06. The number of piperidine rings is 1. The largest absolute Gasteiger partial charge is 0.460 e. The smallest absolute Gasteiger partial charge is 0.256 e. The molecule has 0 bridgehead atoms. The molecule has 5 heteroatoms. The second kappa shape index (κ2) is 8.40. The summed E-state index contributed by atoms with van der Waals surface area (Å²) in [5.41, 5.74) is 1.21. The predicted molar refractivity (Wildman–Crippen MR) is 106 cm³/mol. The maximum absolute atomic E-state index is 13.8. The van der Waals surface area contributed by atoms with Crippen molar-refractivity contribution in [3.05, 3.63) is 83.9 Å². The summed E-state index contributed by atoms with van der Waals surface area (Å²) in [6, 6.07) is 20.5. The van der Waals surface area contributed by atoms with Crippen LogP contribution in [0, 0.1) is 5.82 Å². The van der Waals surface area contributed by atoms with Gasteiger partial charge in [0, 0.05) is 24.7 Å². The number of nitrogens with zero attached hydrogens (tertiary/aromatic N) is 1. The molecule has 0 atom stereocenters. The summed E-state index contributed by atoms with van der Waals surface area (Å²) >= 11 is 0. The number of carbonyl (C=O) groups excluding carboxylic acids is 1. The molecule has 3 aromatic rings. The van der Waals surface area contributed by atoms with Gasteiger partial charge in [-0.05, 0) is 37.1 Å². The fourth-order valence-corrected chi connectivity index (χ4v) is 3.57. The molecule has 28 heavy (non-hydrogen) atoms. The van der Waals surface area contributed by atoms with E-state index in [1.807, 2.05) is 42.5 Å². The monoisotopic (exact) mass is 378 g/mol. The Balaban J connectivity index is 1.28. The first-order chi connectivity index (χ1) is 13.7. The van der Waals surface area contributed by atoms with Crippen molar-refractivity contribution in [2.24, 2.45) is 0 Å². The minimum Gasteiger partial charge on any atom is -0.460 e. The van der Waals surface area contributed by atoms with Crippen LogP contribution in [-0.4, -0.2) is 29.9 Å². The number of nitrogens with one attached hydrogen (secondary N) is 1. The van der Waals surface area contributed by atoms with Crippen molar-refractivity contribution >= 4 is 5.91 Å². The molecule has 0 unspecified atom stereocenters. The highest BCUT2D eigenvalue weighted by molar-refractivity contribution is 5.94. The number of amides is 1. The molecular weight excluding hydrogens is 355 g/mol. The minimum atomic E-state index is -0.459. The quantitative estimate of drug-likeness (QED) is 0.712. The van der Waals surface area contributed by atoms with E-state index < -0.39 is 5.82 Å². The summed E-state index contributed by atoms with van der Waals surface area (Å²) in [5.74, 6) is 1.07. The molecule has 1 N–H and O–H groups in total. The summed E-state index contributed by atoms with van der Waals surface area (Å²) in [7, 11) is 0. The van der Waals surface area contributed by atoms with Crippen LogP contribution in [0.5, 0.6) is 0 Å². The van der Waals surface area contributed by atoms with Crippen LogP contribution < -0.4 is 5.32 Å². The zero-order valence-corrected chi connectivity index (χ0v) is 15.6. The van der Waals surface area contributed by atoms with Crippen molar-refractivity contribution in [3.8, 4) is 11.3 Å². The zero-order chi connectivity index (χ0) is 19.3. The van der Waals surface area contributed by atoms with Gasteiger partial charge >= 0.3 is 0 Å². The van der Waals surface area contributed by atoms with Crippen LogP contribution in [0.15, 0.2) is 71.1 Å². The fourth-order valence-electron chi connectivity index (χ4n) is 3.57. The van der Waals surface area contributed by atoms with E-state index >= 15 is 0 Å². The van der Waals surface area contributed by atoms with E-state index in [1.54, 1.807) is 23.1 Å². The Morgan fingerprint density at radius 1 is 1.00 bits per heavy atom. The van der Waals surface area contributed by atoms with Crippen molar-refractivity contribution < 1.29 is 13.6 Å². The molecule has 1 fully saturated rings. The van der Waals surface area contributed by atoms with Gasteiger partial charge in [0.25, 0.3) is 5.91 Å². The van der Waals surface area contributed by atoms with Crippen LogP contribution in [0.1, 0.15) is 29.0 Å². The van der Waals surface area contributed by atoms with Gasteiger partial charge in [0.2, 0.25) is 0 Å². The number of halogens is 1. The van der Waals surface area contributed by atoms with Gasteiger partial charge in [-0.15, -0.1) is 0 Å². The van der Waals surface area contributed by atoms with Gasteiger partial charge in [-0.3, -0.25) is 4.79 Å². The van der Waals surface area contributed by atoms with E-state index in [9.17, 15) is 9.18 Å². The highest BCUT2D eigenvalue weighted by Crippen LogP contribution is 2.22. The highest BCUT2D eigenvalue weighted by atomic mass is 19.1. The van der Waals surface area contributed by atoms with E-state index in [2.05, 4.69) is 5.32 Å². The lowest BCUT2D eigenvalue weighted by molar-refractivity contribution is 0.0699. The number of likely N-dealkylation sites (tertiary alicyclic amines) is 1. The number of hydrogen-bond donors (Lipinski definition) is 1. The van der Waals surface area contributed by atoms with E-state index in [0.717, 1.165) is 29.9 Å². The molecule has 0 saturated carbocycles. The van der Waals surface area contributed by atoms with E-state index in [-0.39, 0.29) is 11.5 Å². The molecule has 4 rings (SSSR count). The van der Waals surface area contributed by atoms with Crippen molar-refractivity contribution in [1.82, 2.24) is 10.2 Å². The second-order valence-electron chi connectivity index (χ2n) is 7.06. The molecule has 1 amide bonds. The Kier molecular flexibility index (Phi) is 5.53. The molecule has 1 saturated heterocycles. The molecule has 1 aliphatic heterocycles. The summed E-state index contributed by atoms with van der Waals surface area (Å²) in [4.78, 5) is 14.2. The van der Waals surface area contributed by atoms with Crippen LogP contribution in [0.2, 0.25) is 0 Å². The molecule has 1 aliphatic rings. The minimum absolute atomic E-state index is 0.151. The van der Waals surface area contributed by atoms with E-state index in [1.165, 1.54) is 6.07 Å². The van der Waals surface area contributed by atoms with Gasteiger partial charge in [-0.25, -0.2) is 4.39 Å². The lowest BCUT2D eigenvalue weighted by Crippen LogP contribution is -2.44. The third-order valence-electron chi connectivity index (χ3n) is 5.17. The normalized spacial score (nSPS) is 15.0. The average molecular weight is 378 g/mol. The number of furan rings is 1. The Hall–Kier alpha value is -2.92. The summed E-state index contributed by atoms with van der Waals surface area (Å²) in [6.45, 7) is 1.90. The van der Waals surface area contributed by atoms with Crippen molar-refractivity contribution in [2.45, 2.75) is 25.4 Å². The molecule has 0 radical (unpaired) electrons. The van der Waals surface area contributed by atoms with Crippen LogP contribution in [0.25, 0.3) is 11.3 Å². The van der Waals surface area contributed by atoms with Gasteiger partial charge < -0.3 is 14.6 Å². The van der Waals surface area contributed by atoms with Crippen molar-refractivity contribution in [1.29, 1.82) is 0 Å². The highest BCUT2D eigenvalue weighted by Gasteiger charge is 2.25. The molecule has 2 heterocycles. The molecule has 144 valence electrons. The van der Waals surface area contributed by atoms with Crippen LogP contribution in [0.4, 0.5) is 4.39 Å². The standard InChI is InChI=1S/C23H23FN2O2/c24-21-9-5-4-8-20(21)23(27)26-14-12-18(13-15-26)25-16-19-10-11-22(28-19)17-6-2-1-3-7-17/h1-11,18,25H,12-16H2. The summed E-state index contributed by atoms with van der Waals surface area (Å²) < 4.78 is 19.8. The lowest BCUT2D eigenvalue weighted by atomic mass is 10.0. The SMILES string of the molecule is O=C(c1ccccc1F)N1CCC(NCc2ccc(-c3ccccc3)o2)CC1. The first kappa shape index (κ1) is 18.4. The Labute approximate surface area is 164 Å². The number of carbonyl (C=O) groups is 1. The maximum atomic E-state index is 13.8. The van der Waals surface area contributed by atoms with Gasteiger partial charge in [0.1, 0.15) is 17.3 Å². The Morgan fingerprint density at radius 3 is 2.46 bits per heavy atom. The molecule has 1 aromatic heterocycles. The third-order valence-corrected chi connectivity index (χ3v) is 5.17. The predicted octanol–water partition coefficient (Wildman–Crippen LogP) is 4.48. The van der Waals surface area contributed by atoms with Gasteiger partial charge in [0.05, 0.1) is 12.1 Å². The van der Waals surface area contributed by atoms with Gasteiger partial charge in [0.15, 0.2) is 0 Å². The number of benzene rings is 2. The Morgan fingerprint density at radius 2 is 1.71 bits per heavy atom. The van der Waals surface area contributed by atoms with Crippen LogP contribution >= 0.6 is 0 Å². The van der Waals surface area contributed by atoms with Crippen LogP contribution in [0.3, 0.4) is 0 Å². The molecule has 0 spiro atoms. The van der Waals surface area contributed by atoms with E-state index in [4.69, 9.17) is 4.42 Å². The van der Waals surface area contributed by atoms with Crippen LogP contribution in [-0.2, 0) is 6.54 Å². The number of rotatable bonds is 5. The average Bonchev–Trinajstić information content (AvgIpc) is 3.22. The fraction of sp³-hybridized carbons (Fsp3) is 0.261. The molecule has 2 aromatic carbocycles. The maximum Gasteiger partial charge on any atom is 0.256 e. The number of hydrogen-bond acceptors (Lipinski definition) is 3. The van der Waals surface area contributed by atoms with E-state index in [0.29, 0.717) is 25.7 Å². The molecule has 4 nitrogen and oxygen atoms in total. The molecular formula is C23H23FN2O2. The van der Waals surface area contributed by atoms with Crippen molar-refractivity contribution in [2.75, 3.05) is 13.1 Å². The zero-order valence-electron chi connectivity index (χ0n) is 15.6.